The lowest BCUT2D eigenvalue weighted by molar-refractivity contribution is 0.0933. The second-order valence-electron chi connectivity index (χ2n) is 3.54. The van der Waals surface area contributed by atoms with Gasteiger partial charge in [-0.2, -0.15) is 5.26 Å². The first-order chi connectivity index (χ1) is 7.81. The van der Waals surface area contributed by atoms with E-state index < -0.39 is 0 Å². The third-order valence-electron chi connectivity index (χ3n) is 2.41. The summed E-state index contributed by atoms with van der Waals surface area (Å²) in [6.07, 6.45) is 4.43. The molecule has 3 nitrogen and oxygen atoms in total. The molecule has 16 heavy (non-hydrogen) atoms. The molecule has 0 spiro atoms. The van der Waals surface area contributed by atoms with Crippen LogP contribution in [-0.4, -0.2) is 12.4 Å². The summed E-state index contributed by atoms with van der Waals surface area (Å²) >= 11 is 0. The molecule has 0 bridgehead atoms. The van der Waals surface area contributed by atoms with Gasteiger partial charge in [0.1, 0.15) is 5.75 Å². The van der Waals surface area contributed by atoms with Gasteiger partial charge in [-0.05, 0) is 17.7 Å². The monoisotopic (exact) mass is 213 g/mol. The summed E-state index contributed by atoms with van der Waals surface area (Å²) in [6.45, 7) is 0.468. The summed E-state index contributed by atoms with van der Waals surface area (Å²) in [7, 11) is 0. The van der Waals surface area contributed by atoms with E-state index in [1.165, 1.54) is 0 Å². The summed E-state index contributed by atoms with van der Waals surface area (Å²) in [6, 6.07) is 7.53. The fourth-order valence-corrected chi connectivity index (χ4v) is 1.63. The molecular weight excluding hydrogens is 202 g/mol. The van der Waals surface area contributed by atoms with Crippen LogP contribution >= 0.6 is 0 Å². The number of nitriles is 1. The summed E-state index contributed by atoms with van der Waals surface area (Å²) < 4.78 is 5.38. The zero-order valence-electron chi connectivity index (χ0n) is 8.77. The maximum atomic E-state index is 11.6. The first kappa shape index (κ1) is 10.4. The van der Waals surface area contributed by atoms with Crippen LogP contribution in [0.1, 0.15) is 28.8 Å². The van der Waals surface area contributed by atoms with Gasteiger partial charge in [0.15, 0.2) is 5.78 Å². The van der Waals surface area contributed by atoms with E-state index in [4.69, 9.17) is 10.00 Å². The van der Waals surface area contributed by atoms with Crippen molar-refractivity contribution < 1.29 is 9.53 Å². The van der Waals surface area contributed by atoms with Gasteiger partial charge in [0, 0.05) is 6.42 Å². The van der Waals surface area contributed by atoms with Crippen molar-refractivity contribution in [2.75, 3.05) is 6.61 Å². The molecule has 0 fully saturated rings. The normalized spacial score (nSPS) is 14.3. The molecule has 1 aliphatic rings. The molecule has 1 aromatic rings. The molecule has 0 amide bonds. The number of fused-ring (bicyclic) bond motifs is 1. The van der Waals surface area contributed by atoms with Crippen LogP contribution in [0.3, 0.4) is 0 Å². The molecule has 0 saturated carbocycles. The van der Waals surface area contributed by atoms with Crippen LogP contribution in [-0.2, 0) is 0 Å². The van der Waals surface area contributed by atoms with Gasteiger partial charge in [0.05, 0.1) is 24.7 Å². The number of allylic oxidation sites excluding steroid dienone is 1. The number of carbonyl (C=O) groups is 1. The molecule has 0 aromatic heterocycles. The minimum atomic E-state index is 0.122. The molecule has 0 atom stereocenters. The number of rotatable bonds is 2. The summed E-state index contributed by atoms with van der Waals surface area (Å²) in [5.74, 6) is 0.783. The summed E-state index contributed by atoms with van der Waals surface area (Å²) in [5.41, 5.74) is 1.57. The molecule has 80 valence electrons. The van der Waals surface area contributed by atoms with E-state index in [-0.39, 0.29) is 5.78 Å². The Balaban J connectivity index is 2.28. The highest BCUT2D eigenvalue weighted by molar-refractivity contribution is 6.00. The lowest BCUT2D eigenvalue weighted by atomic mass is 10.0. The van der Waals surface area contributed by atoms with Crippen molar-refractivity contribution in [3.63, 3.8) is 0 Å². The van der Waals surface area contributed by atoms with Gasteiger partial charge in [-0.15, -0.1) is 0 Å². The molecule has 0 saturated heterocycles. The molecule has 0 aliphatic carbocycles. The Bertz CT molecular complexity index is 483. The fourth-order valence-electron chi connectivity index (χ4n) is 1.63. The first-order valence-corrected chi connectivity index (χ1v) is 5.15. The van der Waals surface area contributed by atoms with Crippen LogP contribution in [0.2, 0.25) is 0 Å². The summed E-state index contributed by atoms with van der Waals surface area (Å²) in [4.78, 5) is 11.6. The lowest BCUT2D eigenvalue weighted by Crippen LogP contribution is -2.15. The van der Waals surface area contributed by atoms with Crippen LogP contribution in [0.25, 0.3) is 6.08 Å². The quantitative estimate of drug-likeness (QED) is 0.758. The second-order valence-corrected chi connectivity index (χ2v) is 3.54. The number of ether oxygens (including phenoxy) is 1. The third-order valence-corrected chi connectivity index (χ3v) is 2.41. The van der Waals surface area contributed by atoms with E-state index in [1.807, 2.05) is 24.3 Å². The van der Waals surface area contributed by atoms with E-state index in [0.717, 1.165) is 5.56 Å². The van der Waals surface area contributed by atoms with E-state index in [0.29, 0.717) is 30.8 Å². The van der Waals surface area contributed by atoms with Crippen molar-refractivity contribution >= 4 is 11.9 Å². The van der Waals surface area contributed by atoms with Crippen molar-refractivity contribution in [2.45, 2.75) is 12.8 Å². The van der Waals surface area contributed by atoms with Crippen molar-refractivity contribution in [1.82, 2.24) is 0 Å². The molecule has 1 aromatic carbocycles. The third kappa shape index (κ3) is 2.12. The molecule has 0 unspecified atom stereocenters. The number of nitrogens with zero attached hydrogens (tertiary/aromatic N) is 1. The van der Waals surface area contributed by atoms with Gasteiger partial charge in [-0.1, -0.05) is 18.2 Å². The molecular formula is C13H11NO2. The Morgan fingerprint density at radius 3 is 3.19 bits per heavy atom. The fraction of sp³-hybridized carbons (Fsp3) is 0.231. The molecule has 0 radical (unpaired) electrons. The van der Waals surface area contributed by atoms with Gasteiger partial charge in [0.25, 0.3) is 0 Å². The molecule has 1 heterocycles. The van der Waals surface area contributed by atoms with E-state index >= 15 is 0 Å². The largest absolute Gasteiger partial charge is 0.492 e. The van der Waals surface area contributed by atoms with Crippen LogP contribution in [0.5, 0.6) is 5.75 Å². The smallest absolute Gasteiger partial charge is 0.170 e. The molecule has 1 aliphatic heterocycles. The number of hydrogen-bond donors (Lipinski definition) is 0. The van der Waals surface area contributed by atoms with Gasteiger partial charge in [-0.3, -0.25) is 4.79 Å². The Labute approximate surface area is 94.0 Å². The maximum Gasteiger partial charge on any atom is 0.170 e. The highest BCUT2D eigenvalue weighted by atomic mass is 16.5. The van der Waals surface area contributed by atoms with Crippen molar-refractivity contribution in [3.8, 4) is 11.8 Å². The van der Waals surface area contributed by atoms with Crippen molar-refractivity contribution in [2.24, 2.45) is 0 Å². The second kappa shape index (κ2) is 4.63. The Morgan fingerprint density at radius 2 is 2.38 bits per heavy atom. The average molecular weight is 213 g/mol. The lowest BCUT2D eigenvalue weighted by Gasteiger charge is -2.16. The number of hydrogen-bond acceptors (Lipinski definition) is 3. The van der Waals surface area contributed by atoms with Crippen molar-refractivity contribution in [1.29, 1.82) is 5.26 Å². The number of benzene rings is 1. The minimum Gasteiger partial charge on any atom is -0.492 e. The van der Waals surface area contributed by atoms with Crippen LogP contribution in [0.15, 0.2) is 24.3 Å². The Hall–Kier alpha value is -2.08. The highest BCUT2D eigenvalue weighted by Crippen LogP contribution is 2.26. The molecule has 3 heteroatoms. The molecule has 0 N–H and O–H groups in total. The Morgan fingerprint density at radius 1 is 1.50 bits per heavy atom. The van der Waals surface area contributed by atoms with Crippen molar-refractivity contribution in [3.05, 3.63) is 35.4 Å². The van der Waals surface area contributed by atoms with Crippen LogP contribution in [0.4, 0.5) is 0 Å². The maximum absolute atomic E-state index is 11.6. The van der Waals surface area contributed by atoms with Crippen LogP contribution < -0.4 is 4.74 Å². The van der Waals surface area contributed by atoms with Gasteiger partial charge >= 0.3 is 0 Å². The number of Topliss-reactive ketones (excluding diaryl/α,β-unsaturated/α-hetero) is 1. The average Bonchev–Trinajstić information content (AvgIpc) is 2.30. The predicted octanol–water partition coefficient (Wildman–Crippen LogP) is 2.58. The zero-order valence-corrected chi connectivity index (χ0v) is 8.77. The number of carbonyl (C=O) groups excluding carboxylic acids is 1. The van der Waals surface area contributed by atoms with E-state index in [1.54, 1.807) is 12.1 Å². The molecule has 2 rings (SSSR count). The first-order valence-electron chi connectivity index (χ1n) is 5.15. The SMILES string of the molecule is N#CCC=Cc1ccc2c(c1)C(=O)CCO2. The van der Waals surface area contributed by atoms with Gasteiger partial charge < -0.3 is 4.74 Å². The summed E-state index contributed by atoms with van der Waals surface area (Å²) in [5, 5.41) is 8.40. The van der Waals surface area contributed by atoms with Gasteiger partial charge in [-0.25, -0.2) is 0 Å². The standard InChI is InChI=1S/C13H11NO2/c14-7-2-1-3-10-4-5-13-11(9-10)12(15)6-8-16-13/h1,3-5,9H,2,6,8H2. The topological polar surface area (TPSA) is 50.1 Å². The minimum absolute atomic E-state index is 0.122. The zero-order chi connectivity index (χ0) is 11.4. The highest BCUT2D eigenvalue weighted by Gasteiger charge is 2.17. The van der Waals surface area contributed by atoms with Crippen LogP contribution in [0, 0.1) is 11.3 Å². The number of ketones is 1. The van der Waals surface area contributed by atoms with Gasteiger partial charge in [0.2, 0.25) is 0 Å². The Kier molecular flexibility index (Phi) is 3.02. The predicted molar refractivity (Wildman–Crippen MR) is 60.1 cm³/mol. The van der Waals surface area contributed by atoms with E-state index in [2.05, 4.69) is 0 Å². The van der Waals surface area contributed by atoms with E-state index in [9.17, 15) is 4.79 Å².